The van der Waals surface area contributed by atoms with E-state index in [0.29, 0.717) is 12.1 Å². The van der Waals surface area contributed by atoms with E-state index in [1.165, 1.54) is 6.92 Å². The first kappa shape index (κ1) is 20.8. The van der Waals surface area contributed by atoms with Gasteiger partial charge < -0.3 is 9.53 Å². The first-order valence-electron chi connectivity index (χ1n) is 9.80. The van der Waals surface area contributed by atoms with Gasteiger partial charge in [0, 0.05) is 6.42 Å². The lowest BCUT2D eigenvalue weighted by molar-refractivity contribution is -0.122. The topological polar surface area (TPSA) is 63.7 Å². The number of ether oxygens (including phenoxy) is 1. The second kappa shape index (κ2) is 7.47. The van der Waals surface area contributed by atoms with Gasteiger partial charge in [-0.1, -0.05) is 48.0 Å². The van der Waals surface area contributed by atoms with Crippen LogP contribution in [0, 0.1) is 6.92 Å². The highest BCUT2D eigenvalue weighted by Crippen LogP contribution is 2.49. The quantitative estimate of drug-likeness (QED) is 0.739. The van der Waals surface area contributed by atoms with Crippen molar-refractivity contribution in [3.63, 3.8) is 0 Å². The highest BCUT2D eigenvalue weighted by molar-refractivity contribution is 6.22. The van der Waals surface area contributed by atoms with Gasteiger partial charge in [-0.05, 0) is 58.2 Å². The zero-order valence-corrected chi connectivity index (χ0v) is 17.6. The van der Waals surface area contributed by atoms with Crippen LogP contribution in [-0.2, 0) is 19.7 Å². The number of Topliss-reactive ketones (excluding diaryl/α,β-unsaturated/α-hetero) is 1. The van der Waals surface area contributed by atoms with Gasteiger partial charge in [0.05, 0.1) is 5.69 Å². The predicted molar refractivity (Wildman–Crippen MR) is 112 cm³/mol. The van der Waals surface area contributed by atoms with Crippen LogP contribution < -0.4 is 4.90 Å². The molecule has 2 amide bonds. The molecule has 0 fully saturated rings. The van der Waals surface area contributed by atoms with E-state index in [1.54, 1.807) is 32.9 Å². The minimum Gasteiger partial charge on any atom is -0.443 e. The van der Waals surface area contributed by atoms with Crippen LogP contribution in [0.4, 0.5) is 10.5 Å². The van der Waals surface area contributed by atoms with Crippen molar-refractivity contribution < 1.29 is 19.1 Å². The Morgan fingerprint density at radius 2 is 1.66 bits per heavy atom. The molecule has 0 radical (unpaired) electrons. The molecule has 0 spiro atoms. The lowest BCUT2D eigenvalue weighted by Crippen LogP contribution is -2.46. The smallest absolute Gasteiger partial charge is 0.421 e. The summed E-state index contributed by atoms with van der Waals surface area (Å²) < 4.78 is 5.52. The Labute approximate surface area is 171 Å². The van der Waals surface area contributed by atoms with Crippen molar-refractivity contribution in [1.29, 1.82) is 0 Å². The number of para-hydroxylation sites is 1. The molecular weight excluding hydrogens is 366 g/mol. The Balaban J connectivity index is 2.20. The van der Waals surface area contributed by atoms with Gasteiger partial charge in [0.2, 0.25) is 0 Å². The lowest BCUT2D eigenvalue weighted by atomic mass is 9.71. The minimum atomic E-state index is -1.10. The third-order valence-corrected chi connectivity index (χ3v) is 5.15. The largest absolute Gasteiger partial charge is 0.443 e. The number of carbonyl (C=O) groups excluding carboxylic acids is 3. The van der Waals surface area contributed by atoms with E-state index < -0.39 is 17.1 Å². The number of amides is 2. The van der Waals surface area contributed by atoms with E-state index in [1.807, 2.05) is 43.3 Å². The second-order valence-corrected chi connectivity index (χ2v) is 8.61. The number of rotatable bonds is 4. The molecule has 0 N–H and O–H groups in total. The van der Waals surface area contributed by atoms with Gasteiger partial charge in [0.1, 0.15) is 16.8 Å². The first-order valence-corrected chi connectivity index (χ1v) is 9.80. The Morgan fingerprint density at radius 1 is 1.03 bits per heavy atom. The molecule has 0 saturated carbocycles. The van der Waals surface area contributed by atoms with Crippen LogP contribution >= 0.6 is 0 Å². The third kappa shape index (κ3) is 3.82. The fraction of sp³-hybridized carbons (Fsp3) is 0.375. The maximum Gasteiger partial charge on any atom is 0.421 e. The van der Waals surface area contributed by atoms with Gasteiger partial charge >= 0.3 is 6.09 Å². The molecule has 3 rings (SSSR count). The molecule has 2 aromatic carbocycles. The molecule has 1 atom stereocenters. The number of ketones is 1. The predicted octanol–water partition coefficient (Wildman–Crippen LogP) is 4.93. The molecular formula is C24H27NO4. The van der Waals surface area contributed by atoms with Crippen molar-refractivity contribution in [3.8, 4) is 0 Å². The van der Waals surface area contributed by atoms with E-state index >= 15 is 0 Å². The van der Waals surface area contributed by atoms with Crippen LogP contribution in [0.1, 0.15) is 57.2 Å². The number of nitrogens with zero attached hydrogens (tertiary/aromatic N) is 1. The van der Waals surface area contributed by atoms with Crippen molar-refractivity contribution in [2.24, 2.45) is 0 Å². The lowest BCUT2D eigenvalue weighted by Gasteiger charge is -2.30. The Hall–Kier alpha value is -2.95. The van der Waals surface area contributed by atoms with E-state index in [0.717, 1.165) is 21.6 Å². The van der Waals surface area contributed by atoms with Crippen LogP contribution in [0.3, 0.4) is 0 Å². The van der Waals surface area contributed by atoms with E-state index in [4.69, 9.17) is 4.74 Å². The third-order valence-electron chi connectivity index (χ3n) is 5.15. The van der Waals surface area contributed by atoms with Gasteiger partial charge in [0.25, 0.3) is 5.91 Å². The summed E-state index contributed by atoms with van der Waals surface area (Å²) in [6.07, 6.45) is -0.178. The zero-order valence-electron chi connectivity index (χ0n) is 17.6. The normalized spacial score (nSPS) is 18.5. The maximum absolute atomic E-state index is 13.8. The fourth-order valence-corrected chi connectivity index (χ4v) is 3.80. The average molecular weight is 393 g/mol. The molecule has 0 saturated heterocycles. The Bertz CT molecular complexity index is 956. The molecule has 0 bridgehead atoms. The van der Waals surface area contributed by atoms with Crippen LogP contribution in [0.2, 0.25) is 0 Å². The molecule has 5 nitrogen and oxygen atoms in total. The summed E-state index contributed by atoms with van der Waals surface area (Å²) in [6.45, 7) is 8.78. The number of fused-ring (bicyclic) bond motifs is 1. The summed E-state index contributed by atoms with van der Waals surface area (Å²) in [7, 11) is 0. The summed E-state index contributed by atoms with van der Waals surface area (Å²) in [5.74, 6) is -0.379. The first-order chi connectivity index (χ1) is 13.6. The van der Waals surface area contributed by atoms with Gasteiger partial charge in [0.15, 0.2) is 0 Å². The molecule has 152 valence electrons. The zero-order chi connectivity index (χ0) is 21.4. The summed E-state index contributed by atoms with van der Waals surface area (Å²) in [4.78, 5) is 39.7. The number of benzene rings is 2. The van der Waals surface area contributed by atoms with E-state index in [9.17, 15) is 14.4 Å². The monoisotopic (exact) mass is 393 g/mol. The number of anilines is 1. The molecule has 5 heteroatoms. The van der Waals surface area contributed by atoms with Gasteiger partial charge in [-0.25, -0.2) is 9.69 Å². The van der Waals surface area contributed by atoms with Crippen molar-refractivity contribution in [1.82, 2.24) is 0 Å². The van der Waals surface area contributed by atoms with Crippen molar-refractivity contribution >= 4 is 23.5 Å². The number of aryl methyl sites for hydroxylation is 1. The molecule has 1 aliphatic rings. The van der Waals surface area contributed by atoms with Crippen LogP contribution in [0.5, 0.6) is 0 Å². The number of carbonyl (C=O) groups is 3. The van der Waals surface area contributed by atoms with Crippen molar-refractivity contribution in [2.45, 2.75) is 58.5 Å². The Kier molecular flexibility index (Phi) is 5.35. The molecule has 29 heavy (non-hydrogen) atoms. The summed E-state index contributed by atoms with van der Waals surface area (Å²) in [6, 6.07) is 14.9. The highest BCUT2D eigenvalue weighted by atomic mass is 16.6. The molecule has 1 heterocycles. The Morgan fingerprint density at radius 3 is 2.24 bits per heavy atom. The standard InChI is InChI=1S/C24H27NO4/c1-16-10-12-18(13-11-16)24(15-14-17(2)26)19-8-6-7-9-20(19)25(21(24)27)22(28)29-23(3,4)5/h6-13H,14-15H2,1-5H3/t24-/m1/s1. The minimum absolute atomic E-state index is 0.00233. The van der Waals surface area contributed by atoms with E-state index in [-0.39, 0.29) is 18.1 Å². The van der Waals surface area contributed by atoms with Crippen LogP contribution in [0.25, 0.3) is 0 Å². The highest BCUT2D eigenvalue weighted by Gasteiger charge is 2.54. The summed E-state index contributed by atoms with van der Waals surface area (Å²) in [5.41, 5.74) is 1.23. The van der Waals surface area contributed by atoms with Crippen molar-refractivity contribution in [3.05, 3.63) is 65.2 Å². The SMILES string of the molecule is CC(=O)CC[C@]1(c2ccc(C)cc2)C(=O)N(C(=O)OC(C)(C)C)c2ccccc21. The molecule has 0 aliphatic carbocycles. The van der Waals surface area contributed by atoms with Gasteiger partial charge in [-0.2, -0.15) is 0 Å². The van der Waals surface area contributed by atoms with Gasteiger partial charge in [-0.3, -0.25) is 4.79 Å². The van der Waals surface area contributed by atoms with Crippen LogP contribution in [0.15, 0.2) is 48.5 Å². The molecule has 0 unspecified atom stereocenters. The van der Waals surface area contributed by atoms with E-state index in [2.05, 4.69) is 0 Å². The fourth-order valence-electron chi connectivity index (χ4n) is 3.80. The average Bonchev–Trinajstić information content (AvgIpc) is 2.88. The molecule has 2 aromatic rings. The summed E-state index contributed by atoms with van der Waals surface area (Å²) in [5, 5.41) is 0. The summed E-state index contributed by atoms with van der Waals surface area (Å²) >= 11 is 0. The number of hydrogen-bond donors (Lipinski definition) is 0. The number of imide groups is 1. The van der Waals surface area contributed by atoms with Gasteiger partial charge in [-0.15, -0.1) is 0 Å². The number of hydrogen-bond acceptors (Lipinski definition) is 4. The van der Waals surface area contributed by atoms with Crippen LogP contribution in [-0.4, -0.2) is 23.4 Å². The maximum atomic E-state index is 13.8. The molecule has 0 aromatic heterocycles. The molecule has 1 aliphatic heterocycles. The van der Waals surface area contributed by atoms with Crippen molar-refractivity contribution in [2.75, 3.05) is 4.90 Å². The second-order valence-electron chi connectivity index (χ2n) is 8.61.